The van der Waals surface area contributed by atoms with Crippen molar-refractivity contribution in [2.45, 2.75) is 46.1 Å². The quantitative estimate of drug-likeness (QED) is 0.702. The normalized spacial score (nSPS) is 10.8. The van der Waals surface area contributed by atoms with Crippen molar-refractivity contribution in [3.05, 3.63) is 0 Å². The molecule has 0 aliphatic carbocycles. The lowest BCUT2D eigenvalue weighted by atomic mass is 10.2. The van der Waals surface area contributed by atoms with Gasteiger partial charge in [-0.1, -0.05) is 13.3 Å². The van der Waals surface area contributed by atoms with E-state index in [-0.39, 0.29) is 12.5 Å². The Balaban J connectivity index is 3.63. The first-order valence-electron chi connectivity index (χ1n) is 5.58. The van der Waals surface area contributed by atoms with Crippen LogP contribution in [-0.2, 0) is 9.53 Å². The molecule has 0 saturated heterocycles. The van der Waals surface area contributed by atoms with E-state index in [1.54, 1.807) is 20.8 Å². The van der Waals surface area contributed by atoms with Crippen LogP contribution in [0.4, 0.5) is 4.79 Å². The molecular formula is C11H22N2O3. The van der Waals surface area contributed by atoms with E-state index in [1.807, 2.05) is 6.92 Å². The average Bonchev–Trinajstić information content (AvgIpc) is 2.12. The Bertz CT molecular complexity index is 234. The molecule has 0 bridgehead atoms. The number of unbranched alkanes of at least 4 members (excludes halogenated alkanes) is 1. The van der Waals surface area contributed by atoms with E-state index in [2.05, 4.69) is 10.6 Å². The van der Waals surface area contributed by atoms with Crippen molar-refractivity contribution in [2.24, 2.45) is 0 Å². The van der Waals surface area contributed by atoms with Crippen LogP contribution in [0.25, 0.3) is 0 Å². The van der Waals surface area contributed by atoms with Crippen LogP contribution in [-0.4, -0.2) is 30.7 Å². The van der Waals surface area contributed by atoms with E-state index < -0.39 is 11.7 Å². The summed E-state index contributed by atoms with van der Waals surface area (Å²) in [6.45, 7) is 7.96. The Morgan fingerprint density at radius 3 is 2.31 bits per heavy atom. The molecule has 2 amide bonds. The maximum Gasteiger partial charge on any atom is 0.408 e. The summed E-state index contributed by atoms with van der Waals surface area (Å²) in [6, 6.07) is 0. The van der Waals surface area contributed by atoms with Crippen molar-refractivity contribution in [1.82, 2.24) is 10.6 Å². The second kappa shape index (κ2) is 7.09. The number of nitrogens with one attached hydrogen (secondary N) is 2. The van der Waals surface area contributed by atoms with Crippen LogP contribution in [0.5, 0.6) is 0 Å². The van der Waals surface area contributed by atoms with Gasteiger partial charge in [-0.3, -0.25) is 4.79 Å². The molecule has 2 N–H and O–H groups in total. The van der Waals surface area contributed by atoms with Gasteiger partial charge in [0.25, 0.3) is 0 Å². The van der Waals surface area contributed by atoms with Gasteiger partial charge in [-0.05, 0) is 27.2 Å². The highest BCUT2D eigenvalue weighted by Gasteiger charge is 2.16. The summed E-state index contributed by atoms with van der Waals surface area (Å²) in [6.07, 6.45) is 1.40. The smallest absolute Gasteiger partial charge is 0.408 e. The molecule has 0 aromatic rings. The number of alkyl carbamates (subject to hydrolysis) is 1. The Morgan fingerprint density at radius 2 is 1.81 bits per heavy atom. The lowest BCUT2D eigenvalue weighted by molar-refractivity contribution is -0.120. The molecule has 5 heteroatoms. The third-order valence-corrected chi connectivity index (χ3v) is 1.64. The van der Waals surface area contributed by atoms with Gasteiger partial charge >= 0.3 is 6.09 Å². The number of hydrogen-bond donors (Lipinski definition) is 2. The Labute approximate surface area is 96.9 Å². The maximum absolute atomic E-state index is 11.2. The van der Waals surface area contributed by atoms with Crippen molar-refractivity contribution in [3.63, 3.8) is 0 Å². The van der Waals surface area contributed by atoms with E-state index in [4.69, 9.17) is 4.74 Å². The van der Waals surface area contributed by atoms with E-state index in [0.29, 0.717) is 6.54 Å². The zero-order chi connectivity index (χ0) is 12.6. The molecule has 0 aliphatic heterocycles. The van der Waals surface area contributed by atoms with Gasteiger partial charge < -0.3 is 15.4 Å². The maximum atomic E-state index is 11.2. The Morgan fingerprint density at radius 1 is 1.19 bits per heavy atom. The molecule has 94 valence electrons. The molecule has 16 heavy (non-hydrogen) atoms. The van der Waals surface area contributed by atoms with Crippen LogP contribution in [0, 0.1) is 0 Å². The second-order valence-corrected chi connectivity index (χ2v) is 4.56. The highest BCUT2D eigenvalue weighted by Crippen LogP contribution is 2.05. The van der Waals surface area contributed by atoms with Crippen LogP contribution in [0.3, 0.4) is 0 Å². The highest BCUT2D eigenvalue weighted by atomic mass is 16.6. The first kappa shape index (κ1) is 14.7. The predicted octanol–water partition coefficient (Wildman–Crippen LogP) is 1.43. The van der Waals surface area contributed by atoms with Gasteiger partial charge in [0.1, 0.15) is 5.60 Å². The molecule has 0 saturated carbocycles. The standard InChI is InChI=1S/C11H22N2O3/c1-5-6-7-12-9(14)8-13-10(15)16-11(2,3)4/h5-8H2,1-4H3,(H,12,14)(H,13,15). The highest BCUT2D eigenvalue weighted by molar-refractivity contribution is 5.82. The molecule has 0 radical (unpaired) electrons. The number of hydrogen-bond acceptors (Lipinski definition) is 3. The van der Waals surface area contributed by atoms with E-state index >= 15 is 0 Å². The van der Waals surface area contributed by atoms with E-state index in [1.165, 1.54) is 0 Å². The summed E-state index contributed by atoms with van der Waals surface area (Å²) < 4.78 is 4.98. The van der Waals surface area contributed by atoms with E-state index in [9.17, 15) is 9.59 Å². The van der Waals surface area contributed by atoms with Crippen molar-refractivity contribution in [3.8, 4) is 0 Å². The number of amides is 2. The van der Waals surface area contributed by atoms with Gasteiger partial charge in [0.2, 0.25) is 5.91 Å². The first-order chi connectivity index (χ1) is 7.35. The molecule has 0 aromatic heterocycles. The van der Waals surface area contributed by atoms with Crippen molar-refractivity contribution >= 4 is 12.0 Å². The average molecular weight is 230 g/mol. The van der Waals surface area contributed by atoms with Crippen molar-refractivity contribution < 1.29 is 14.3 Å². The van der Waals surface area contributed by atoms with Crippen LogP contribution in [0.1, 0.15) is 40.5 Å². The number of ether oxygens (including phenoxy) is 1. The van der Waals surface area contributed by atoms with Gasteiger partial charge in [-0.2, -0.15) is 0 Å². The Hall–Kier alpha value is -1.26. The van der Waals surface area contributed by atoms with E-state index in [0.717, 1.165) is 12.8 Å². The molecule has 0 aromatic carbocycles. The minimum atomic E-state index is -0.571. The zero-order valence-corrected chi connectivity index (χ0v) is 10.6. The molecule has 5 nitrogen and oxygen atoms in total. The number of carbonyl (C=O) groups is 2. The zero-order valence-electron chi connectivity index (χ0n) is 10.6. The fourth-order valence-electron chi connectivity index (χ4n) is 0.934. The monoisotopic (exact) mass is 230 g/mol. The van der Waals surface area contributed by atoms with Crippen LogP contribution in [0.15, 0.2) is 0 Å². The number of carbonyl (C=O) groups excluding carboxylic acids is 2. The van der Waals surface area contributed by atoms with Gasteiger partial charge in [0, 0.05) is 6.54 Å². The predicted molar refractivity (Wildman–Crippen MR) is 62.2 cm³/mol. The summed E-state index contributed by atoms with van der Waals surface area (Å²) in [5, 5.41) is 5.09. The lowest BCUT2D eigenvalue weighted by Crippen LogP contribution is -2.39. The third-order valence-electron chi connectivity index (χ3n) is 1.64. The second-order valence-electron chi connectivity index (χ2n) is 4.56. The summed E-state index contributed by atoms with van der Waals surface area (Å²) in [4.78, 5) is 22.4. The first-order valence-corrected chi connectivity index (χ1v) is 5.58. The van der Waals surface area contributed by atoms with Crippen LogP contribution < -0.4 is 10.6 Å². The minimum absolute atomic E-state index is 0.0430. The minimum Gasteiger partial charge on any atom is -0.444 e. The number of rotatable bonds is 5. The van der Waals surface area contributed by atoms with Gasteiger partial charge in [-0.25, -0.2) is 4.79 Å². The van der Waals surface area contributed by atoms with Gasteiger partial charge in [-0.15, -0.1) is 0 Å². The molecule has 0 unspecified atom stereocenters. The Kier molecular flexibility index (Phi) is 6.53. The molecule has 0 rings (SSSR count). The van der Waals surface area contributed by atoms with Crippen LogP contribution >= 0.6 is 0 Å². The van der Waals surface area contributed by atoms with Gasteiger partial charge in [0.15, 0.2) is 0 Å². The molecule has 0 spiro atoms. The summed E-state index contributed by atoms with van der Waals surface area (Å²) in [7, 11) is 0. The molecule has 0 atom stereocenters. The summed E-state index contributed by atoms with van der Waals surface area (Å²) in [5.74, 6) is -0.195. The van der Waals surface area contributed by atoms with Crippen molar-refractivity contribution in [2.75, 3.05) is 13.1 Å². The lowest BCUT2D eigenvalue weighted by Gasteiger charge is -2.19. The molecule has 0 aliphatic rings. The topological polar surface area (TPSA) is 67.4 Å². The van der Waals surface area contributed by atoms with Crippen molar-refractivity contribution in [1.29, 1.82) is 0 Å². The summed E-state index contributed by atoms with van der Waals surface area (Å²) >= 11 is 0. The summed E-state index contributed by atoms with van der Waals surface area (Å²) in [5.41, 5.74) is -0.539. The fraction of sp³-hybridized carbons (Fsp3) is 0.818. The molecule has 0 fully saturated rings. The molecular weight excluding hydrogens is 208 g/mol. The van der Waals surface area contributed by atoms with Crippen LogP contribution in [0.2, 0.25) is 0 Å². The fourth-order valence-corrected chi connectivity index (χ4v) is 0.934. The SMILES string of the molecule is CCCCNC(=O)CNC(=O)OC(C)(C)C. The third kappa shape index (κ3) is 9.30. The molecule has 0 heterocycles. The van der Waals surface area contributed by atoms with Gasteiger partial charge in [0.05, 0.1) is 6.54 Å². The largest absolute Gasteiger partial charge is 0.444 e.